The van der Waals surface area contributed by atoms with Crippen molar-refractivity contribution < 1.29 is 29.0 Å². The van der Waals surface area contributed by atoms with Gasteiger partial charge in [-0.15, -0.1) is 0 Å². The Balaban J connectivity index is 1.32. The lowest BCUT2D eigenvalue weighted by Gasteiger charge is -2.36. The molecule has 6 atom stereocenters. The number of methoxy groups -OCH3 is 1. The predicted molar refractivity (Wildman–Crippen MR) is 155 cm³/mol. The number of ether oxygens (including phenoxy) is 2. The number of carbonyl (C=O) groups excluding carboxylic acids is 3. The zero-order valence-electron chi connectivity index (χ0n) is 23.4. The van der Waals surface area contributed by atoms with Crippen LogP contribution in [0.25, 0.3) is 0 Å². The van der Waals surface area contributed by atoms with Crippen LogP contribution in [-0.4, -0.2) is 65.2 Å². The molecule has 3 aliphatic rings. The number of carbonyl (C=O) groups is 3. The van der Waals surface area contributed by atoms with E-state index in [1.165, 1.54) is 4.90 Å². The van der Waals surface area contributed by atoms with E-state index in [2.05, 4.69) is 10.6 Å². The van der Waals surface area contributed by atoms with Gasteiger partial charge < -0.3 is 30.1 Å². The molecule has 3 heterocycles. The van der Waals surface area contributed by atoms with E-state index in [0.29, 0.717) is 37.2 Å². The van der Waals surface area contributed by atoms with Crippen LogP contribution in [-0.2, 0) is 32.1 Å². The molecule has 0 aliphatic carbocycles. The molecule has 3 N–H and O–H groups in total. The number of benzene rings is 3. The summed E-state index contributed by atoms with van der Waals surface area (Å²) in [5.74, 6) is -1.91. The highest BCUT2D eigenvalue weighted by Gasteiger charge is 2.75. The lowest BCUT2D eigenvalue weighted by atomic mass is 9.70. The van der Waals surface area contributed by atoms with E-state index in [1.54, 1.807) is 31.4 Å². The minimum Gasteiger partial charge on any atom is -0.497 e. The number of amides is 3. The molecular formula is C33H35N3O6. The van der Waals surface area contributed by atoms with Crippen LogP contribution in [0.2, 0.25) is 0 Å². The zero-order valence-corrected chi connectivity index (χ0v) is 23.4. The maximum absolute atomic E-state index is 14.4. The van der Waals surface area contributed by atoms with Gasteiger partial charge in [0.1, 0.15) is 17.4 Å². The fraction of sp³-hybridized carbons (Fsp3) is 0.364. The smallest absolute Gasteiger partial charge is 0.250 e. The first-order valence-corrected chi connectivity index (χ1v) is 14.4. The van der Waals surface area contributed by atoms with Gasteiger partial charge >= 0.3 is 0 Å². The van der Waals surface area contributed by atoms with Crippen LogP contribution in [0.4, 0.5) is 5.69 Å². The highest BCUT2D eigenvalue weighted by Crippen LogP contribution is 2.59. The molecule has 9 nitrogen and oxygen atoms in total. The van der Waals surface area contributed by atoms with Gasteiger partial charge in [0.05, 0.1) is 37.7 Å². The van der Waals surface area contributed by atoms with Gasteiger partial charge in [0.15, 0.2) is 0 Å². The van der Waals surface area contributed by atoms with Crippen LogP contribution in [0.15, 0.2) is 84.9 Å². The summed E-state index contributed by atoms with van der Waals surface area (Å²) in [6.07, 6.45) is 0.925. The Bertz CT molecular complexity index is 1430. The van der Waals surface area contributed by atoms with E-state index in [-0.39, 0.29) is 18.4 Å². The van der Waals surface area contributed by atoms with E-state index in [1.807, 2.05) is 60.7 Å². The molecule has 3 aromatic rings. The first kappa shape index (κ1) is 27.9. The van der Waals surface area contributed by atoms with Crippen molar-refractivity contribution in [3.63, 3.8) is 0 Å². The van der Waals surface area contributed by atoms with Gasteiger partial charge in [-0.05, 0) is 54.7 Å². The van der Waals surface area contributed by atoms with E-state index < -0.39 is 41.5 Å². The Morgan fingerprint density at radius 2 is 1.67 bits per heavy atom. The summed E-state index contributed by atoms with van der Waals surface area (Å²) in [4.78, 5) is 43.6. The molecule has 2 unspecified atom stereocenters. The summed E-state index contributed by atoms with van der Waals surface area (Å²) < 4.78 is 11.8. The van der Waals surface area contributed by atoms with Crippen molar-refractivity contribution in [3.05, 3.63) is 96.1 Å². The SMILES string of the molecule is COc1ccc(NC(=O)C2N([C@@H](CO)Cc3ccccc3)C(=O)[C@@H]3[C@@H](C(=O)NCc4ccccc4)[C@H]4CCC23O4)cc1. The van der Waals surface area contributed by atoms with Crippen molar-refractivity contribution >= 4 is 23.4 Å². The lowest BCUT2D eigenvalue weighted by Crippen LogP contribution is -2.56. The summed E-state index contributed by atoms with van der Waals surface area (Å²) in [5, 5.41) is 16.5. The Morgan fingerprint density at radius 1 is 1.00 bits per heavy atom. The van der Waals surface area contributed by atoms with Gasteiger partial charge in [-0.1, -0.05) is 60.7 Å². The lowest BCUT2D eigenvalue weighted by molar-refractivity contribution is -0.144. The Kier molecular flexibility index (Phi) is 7.70. The number of nitrogens with zero attached hydrogens (tertiary/aromatic N) is 1. The van der Waals surface area contributed by atoms with Crippen LogP contribution >= 0.6 is 0 Å². The number of fused-ring (bicyclic) bond motifs is 1. The molecule has 0 radical (unpaired) electrons. The number of aliphatic hydroxyl groups is 1. The first-order valence-electron chi connectivity index (χ1n) is 14.4. The summed E-state index contributed by atoms with van der Waals surface area (Å²) in [7, 11) is 1.57. The Hall–Kier alpha value is -4.21. The Labute approximate surface area is 244 Å². The van der Waals surface area contributed by atoms with E-state index in [0.717, 1.165) is 11.1 Å². The maximum atomic E-state index is 14.4. The third-order valence-electron chi connectivity index (χ3n) is 8.87. The van der Waals surface area contributed by atoms with Crippen LogP contribution in [0.5, 0.6) is 5.75 Å². The van der Waals surface area contributed by atoms with Gasteiger partial charge in [0.2, 0.25) is 17.7 Å². The van der Waals surface area contributed by atoms with Crippen molar-refractivity contribution in [2.24, 2.45) is 11.8 Å². The molecule has 42 heavy (non-hydrogen) atoms. The third-order valence-corrected chi connectivity index (χ3v) is 8.87. The fourth-order valence-corrected chi connectivity index (χ4v) is 7.01. The molecule has 3 fully saturated rings. The molecule has 3 amide bonds. The second-order valence-electron chi connectivity index (χ2n) is 11.2. The van der Waals surface area contributed by atoms with Crippen LogP contribution in [0.1, 0.15) is 24.0 Å². The van der Waals surface area contributed by atoms with Gasteiger partial charge in [-0.25, -0.2) is 0 Å². The minimum atomic E-state index is -1.17. The highest BCUT2D eigenvalue weighted by molar-refractivity contribution is 6.03. The van der Waals surface area contributed by atoms with Crippen LogP contribution < -0.4 is 15.4 Å². The van der Waals surface area contributed by atoms with Crippen molar-refractivity contribution in [2.45, 2.75) is 49.6 Å². The van der Waals surface area contributed by atoms with Gasteiger partial charge in [-0.3, -0.25) is 14.4 Å². The number of aliphatic hydroxyl groups excluding tert-OH is 1. The second-order valence-corrected chi connectivity index (χ2v) is 11.2. The molecule has 1 spiro atoms. The highest BCUT2D eigenvalue weighted by atomic mass is 16.5. The van der Waals surface area contributed by atoms with Gasteiger partial charge in [0.25, 0.3) is 0 Å². The summed E-state index contributed by atoms with van der Waals surface area (Å²) in [6.45, 7) is -0.0147. The van der Waals surface area contributed by atoms with Crippen molar-refractivity contribution in [1.29, 1.82) is 0 Å². The normalized spacial score (nSPS) is 26.5. The van der Waals surface area contributed by atoms with Crippen LogP contribution in [0, 0.1) is 11.8 Å². The topological polar surface area (TPSA) is 117 Å². The largest absolute Gasteiger partial charge is 0.497 e. The molecule has 3 aliphatic heterocycles. The van der Waals surface area contributed by atoms with Crippen molar-refractivity contribution in [1.82, 2.24) is 10.2 Å². The first-order chi connectivity index (χ1) is 20.4. The quantitative estimate of drug-likeness (QED) is 0.346. The summed E-state index contributed by atoms with van der Waals surface area (Å²) >= 11 is 0. The number of hydrogen-bond donors (Lipinski definition) is 3. The molecule has 218 valence electrons. The van der Waals surface area contributed by atoms with E-state index in [4.69, 9.17) is 9.47 Å². The third kappa shape index (κ3) is 4.92. The van der Waals surface area contributed by atoms with E-state index in [9.17, 15) is 19.5 Å². The predicted octanol–water partition coefficient (Wildman–Crippen LogP) is 2.93. The molecule has 0 saturated carbocycles. The minimum absolute atomic E-state index is 0.261. The average Bonchev–Trinajstić information content (AvgIpc) is 3.67. The molecule has 3 aromatic carbocycles. The molecular weight excluding hydrogens is 534 g/mol. The second kappa shape index (κ2) is 11.6. The number of likely N-dealkylation sites (tertiary alicyclic amines) is 1. The summed E-state index contributed by atoms with van der Waals surface area (Å²) in [6, 6.07) is 24.4. The van der Waals surface area contributed by atoms with Crippen LogP contribution in [0.3, 0.4) is 0 Å². The number of rotatable bonds is 10. The van der Waals surface area contributed by atoms with Gasteiger partial charge in [-0.2, -0.15) is 0 Å². The molecule has 0 aromatic heterocycles. The number of nitrogens with one attached hydrogen (secondary N) is 2. The summed E-state index contributed by atoms with van der Waals surface area (Å²) in [5.41, 5.74) is 1.25. The van der Waals surface area contributed by atoms with E-state index >= 15 is 0 Å². The monoisotopic (exact) mass is 569 g/mol. The average molecular weight is 570 g/mol. The number of hydrogen-bond acceptors (Lipinski definition) is 6. The van der Waals surface area contributed by atoms with Crippen molar-refractivity contribution in [3.8, 4) is 5.75 Å². The maximum Gasteiger partial charge on any atom is 0.250 e. The number of anilines is 1. The molecule has 9 heteroatoms. The van der Waals surface area contributed by atoms with Crippen molar-refractivity contribution in [2.75, 3.05) is 19.0 Å². The molecule has 2 bridgehead atoms. The molecule has 6 rings (SSSR count). The zero-order chi connectivity index (χ0) is 29.3. The molecule has 3 saturated heterocycles. The Morgan fingerprint density at radius 3 is 2.31 bits per heavy atom. The van der Waals surface area contributed by atoms with Gasteiger partial charge in [0, 0.05) is 12.2 Å². The fourth-order valence-electron chi connectivity index (χ4n) is 7.01. The standard InChI is InChI=1S/C33H35N3O6/c1-41-25-14-12-23(13-15-25)35-31(39)29-33-17-16-26(42-33)27(30(38)34-19-22-10-6-3-7-11-22)28(33)32(40)36(29)24(20-37)18-21-8-4-2-5-9-21/h2-15,24,26-29,37H,16-20H2,1H3,(H,34,38)(H,35,39)/t24-,26-,27+,28+,29?,33?/m1/s1.